The number of rotatable bonds is 6. The molecule has 0 spiro atoms. The van der Waals surface area contributed by atoms with Crippen molar-refractivity contribution < 1.29 is 24.2 Å². The molecule has 2 fully saturated rings. The van der Waals surface area contributed by atoms with Crippen molar-refractivity contribution >= 4 is 29.2 Å². The lowest BCUT2D eigenvalue weighted by Crippen LogP contribution is -2.51. The Morgan fingerprint density at radius 1 is 1.07 bits per heavy atom. The number of hydrogen-bond acceptors (Lipinski definition) is 6. The third-order valence-corrected chi connectivity index (χ3v) is 5.29. The van der Waals surface area contributed by atoms with Gasteiger partial charge in [0.2, 0.25) is 11.8 Å². The molecule has 0 atom stereocenters. The standard InChI is InChI=1S/C20H28N4O5/c1-2-18(25)21-17-4-3-15(13-16(17)20(27)28)23-7-5-22(6-8-23)14-19(26)24-9-11-29-12-10-24/h3-4,13H,2,5-12,14H2,1H3,(H,21,25)(H,27,28). The molecule has 2 amide bonds. The summed E-state index contributed by atoms with van der Waals surface area (Å²) in [6.07, 6.45) is 0.284. The molecule has 29 heavy (non-hydrogen) atoms. The van der Waals surface area contributed by atoms with Crippen LogP contribution in [0.2, 0.25) is 0 Å². The topological polar surface area (TPSA) is 102 Å². The third kappa shape index (κ3) is 5.45. The largest absolute Gasteiger partial charge is 0.478 e. The highest BCUT2D eigenvalue weighted by molar-refractivity contribution is 6.01. The summed E-state index contributed by atoms with van der Waals surface area (Å²) in [5.41, 5.74) is 1.19. The molecule has 3 rings (SSSR count). The number of carboxylic acids is 1. The molecular formula is C20H28N4O5. The second-order valence-electron chi connectivity index (χ2n) is 7.19. The van der Waals surface area contributed by atoms with Crippen molar-refractivity contribution in [1.82, 2.24) is 9.80 Å². The van der Waals surface area contributed by atoms with Crippen molar-refractivity contribution in [1.29, 1.82) is 0 Å². The average Bonchev–Trinajstić information content (AvgIpc) is 2.75. The Kier molecular flexibility index (Phi) is 7.05. The van der Waals surface area contributed by atoms with Crippen LogP contribution in [0, 0.1) is 0 Å². The molecule has 9 nitrogen and oxygen atoms in total. The Morgan fingerprint density at radius 2 is 1.76 bits per heavy atom. The number of anilines is 2. The van der Waals surface area contributed by atoms with E-state index in [-0.39, 0.29) is 23.8 Å². The minimum Gasteiger partial charge on any atom is -0.478 e. The van der Waals surface area contributed by atoms with E-state index in [1.165, 1.54) is 0 Å². The van der Waals surface area contributed by atoms with Gasteiger partial charge >= 0.3 is 5.97 Å². The molecule has 0 bridgehead atoms. The number of benzene rings is 1. The number of carbonyl (C=O) groups is 3. The number of carboxylic acid groups (broad SMARTS) is 1. The van der Waals surface area contributed by atoms with Crippen LogP contribution >= 0.6 is 0 Å². The summed E-state index contributed by atoms with van der Waals surface area (Å²) in [7, 11) is 0. The van der Waals surface area contributed by atoms with Gasteiger partial charge in [-0.05, 0) is 18.2 Å². The lowest BCUT2D eigenvalue weighted by Gasteiger charge is -2.37. The number of hydrogen-bond donors (Lipinski definition) is 2. The second-order valence-corrected chi connectivity index (χ2v) is 7.19. The van der Waals surface area contributed by atoms with Gasteiger partial charge in [0.1, 0.15) is 0 Å². The van der Waals surface area contributed by atoms with Crippen molar-refractivity contribution in [2.24, 2.45) is 0 Å². The highest BCUT2D eigenvalue weighted by atomic mass is 16.5. The molecule has 1 aromatic rings. The number of ether oxygens (including phenoxy) is 1. The van der Waals surface area contributed by atoms with E-state index in [9.17, 15) is 19.5 Å². The van der Waals surface area contributed by atoms with Gasteiger partial charge in [0, 0.05) is 51.4 Å². The molecule has 2 aliphatic heterocycles. The fourth-order valence-corrected chi connectivity index (χ4v) is 3.52. The lowest BCUT2D eigenvalue weighted by molar-refractivity contribution is -0.136. The summed E-state index contributed by atoms with van der Waals surface area (Å²) in [6, 6.07) is 5.06. The van der Waals surface area contributed by atoms with Crippen molar-refractivity contribution in [2.45, 2.75) is 13.3 Å². The van der Waals surface area contributed by atoms with Crippen LogP contribution in [0.3, 0.4) is 0 Å². The summed E-state index contributed by atoms with van der Waals surface area (Å²) in [5, 5.41) is 12.1. The van der Waals surface area contributed by atoms with E-state index >= 15 is 0 Å². The second kappa shape index (κ2) is 9.71. The van der Waals surface area contributed by atoms with Crippen molar-refractivity contribution in [3.05, 3.63) is 23.8 Å². The SMILES string of the molecule is CCC(=O)Nc1ccc(N2CCN(CC(=O)N3CCOCC3)CC2)cc1C(=O)O. The zero-order valence-electron chi connectivity index (χ0n) is 16.7. The minimum atomic E-state index is -1.08. The van der Waals surface area contributed by atoms with E-state index in [1.807, 2.05) is 11.0 Å². The van der Waals surface area contributed by atoms with E-state index in [4.69, 9.17) is 4.74 Å². The Morgan fingerprint density at radius 3 is 2.38 bits per heavy atom. The van der Waals surface area contributed by atoms with Gasteiger partial charge in [0.25, 0.3) is 0 Å². The monoisotopic (exact) mass is 404 g/mol. The zero-order chi connectivity index (χ0) is 20.8. The molecule has 2 N–H and O–H groups in total. The van der Waals surface area contributed by atoms with Gasteiger partial charge in [-0.1, -0.05) is 6.92 Å². The Labute approximate surface area is 170 Å². The first-order valence-electron chi connectivity index (χ1n) is 9.98. The molecule has 0 aliphatic carbocycles. The normalized spacial score (nSPS) is 17.8. The number of aromatic carboxylic acids is 1. The highest BCUT2D eigenvalue weighted by Crippen LogP contribution is 2.25. The molecule has 0 unspecified atom stereocenters. The van der Waals surface area contributed by atoms with Crippen LogP contribution in [-0.2, 0) is 14.3 Å². The highest BCUT2D eigenvalue weighted by Gasteiger charge is 2.24. The summed E-state index contributed by atoms with van der Waals surface area (Å²) in [5.74, 6) is -1.17. The first-order valence-corrected chi connectivity index (χ1v) is 9.98. The predicted octanol–water partition coefficient (Wildman–Crippen LogP) is 0.714. The molecule has 2 aliphatic rings. The van der Waals surface area contributed by atoms with Gasteiger partial charge in [0.05, 0.1) is 31.0 Å². The van der Waals surface area contributed by atoms with Crippen LogP contribution in [0.1, 0.15) is 23.7 Å². The van der Waals surface area contributed by atoms with Crippen LogP contribution < -0.4 is 10.2 Å². The van der Waals surface area contributed by atoms with Gasteiger partial charge in [-0.15, -0.1) is 0 Å². The number of amides is 2. The number of nitrogens with zero attached hydrogens (tertiary/aromatic N) is 3. The maximum Gasteiger partial charge on any atom is 0.337 e. The molecule has 2 heterocycles. The van der Waals surface area contributed by atoms with E-state index in [1.54, 1.807) is 19.1 Å². The number of morpholine rings is 1. The number of nitrogens with one attached hydrogen (secondary N) is 1. The Hall–Kier alpha value is -2.65. The zero-order valence-corrected chi connectivity index (χ0v) is 16.7. The number of piperazine rings is 1. The minimum absolute atomic E-state index is 0.0780. The smallest absolute Gasteiger partial charge is 0.337 e. The van der Waals surface area contributed by atoms with Crippen LogP contribution in [0.4, 0.5) is 11.4 Å². The molecule has 158 valence electrons. The van der Waals surface area contributed by atoms with Crippen LogP contribution in [0.25, 0.3) is 0 Å². The predicted molar refractivity (Wildman–Crippen MR) is 108 cm³/mol. The summed E-state index contributed by atoms with van der Waals surface area (Å²) < 4.78 is 5.29. The quantitative estimate of drug-likeness (QED) is 0.720. The van der Waals surface area contributed by atoms with E-state index in [2.05, 4.69) is 15.1 Å². The Balaban J connectivity index is 1.58. The van der Waals surface area contributed by atoms with Gasteiger partial charge < -0.3 is 25.0 Å². The Bertz CT molecular complexity index is 755. The fraction of sp³-hybridized carbons (Fsp3) is 0.550. The van der Waals surface area contributed by atoms with Gasteiger partial charge in [-0.25, -0.2) is 4.79 Å². The first kappa shape index (κ1) is 21.1. The van der Waals surface area contributed by atoms with E-state index in [0.29, 0.717) is 51.6 Å². The molecule has 9 heteroatoms. The van der Waals surface area contributed by atoms with Crippen molar-refractivity contribution in [3.8, 4) is 0 Å². The van der Waals surface area contributed by atoms with Crippen LogP contribution in [0.5, 0.6) is 0 Å². The first-order chi connectivity index (χ1) is 14.0. The third-order valence-electron chi connectivity index (χ3n) is 5.29. The fourth-order valence-electron chi connectivity index (χ4n) is 3.52. The molecular weight excluding hydrogens is 376 g/mol. The van der Waals surface area contributed by atoms with Gasteiger partial charge in [-0.2, -0.15) is 0 Å². The van der Waals surface area contributed by atoms with E-state index < -0.39 is 5.97 Å². The van der Waals surface area contributed by atoms with Crippen LogP contribution in [-0.4, -0.2) is 91.7 Å². The van der Waals surface area contributed by atoms with E-state index in [0.717, 1.165) is 18.8 Å². The number of carbonyl (C=O) groups excluding carboxylic acids is 2. The lowest BCUT2D eigenvalue weighted by atomic mass is 10.1. The van der Waals surface area contributed by atoms with Crippen LogP contribution in [0.15, 0.2) is 18.2 Å². The molecule has 2 saturated heterocycles. The molecule has 0 radical (unpaired) electrons. The maximum atomic E-state index is 12.4. The molecule has 0 saturated carbocycles. The summed E-state index contributed by atoms with van der Waals surface area (Å²) >= 11 is 0. The van der Waals surface area contributed by atoms with Crippen molar-refractivity contribution in [3.63, 3.8) is 0 Å². The molecule has 0 aromatic heterocycles. The summed E-state index contributed by atoms with van der Waals surface area (Å²) in [6.45, 7) is 7.48. The average molecular weight is 404 g/mol. The van der Waals surface area contributed by atoms with Crippen molar-refractivity contribution in [2.75, 3.05) is 69.2 Å². The van der Waals surface area contributed by atoms with Gasteiger partial charge in [0.15, 0.2) is 0 Å². The van der Waals surface area contributed by atoms with Gasteiger partial charge in [-0.3, -0.25) is 14.5 Å². The molecule has 1 aromatic carbocycles. The maximum absolute atomic E-state index is 12.4. The summed E-state index contributed by atoms with van der Waals surface area (Å²) in [4.78, 5) is 41.7.